The number of fused-ring (bicyclic) bond motifs is 1. The van der Waals surface area contributed by atoms with Crippen molar-refractivity contribution in [2.75, 3.05) is 44.4 Å². The zero-order valence-electron chi connectivity index (χ0n) is 17.0. The van der Waals surface area contributed by atoms with Crippen LogP contribution in [-0.4, -0.2) is 83.4 Å². The predicted molar refractivity (Wildman–Crippen MR) is 110 cm³/mol. The standard InChI is InChI=1S/C18H22F2N8O2S/c1-26-5-6-27(10-12(26)8-24-31(2,29)30)17-7-14(22-11-23-17)15-9-21-16-4-3-13(18(19)20)25-28(15)16/h3-4,7,9,11-12,18,24H,5-6,8,10H2,1-2H3. The van der Waals surface area contributed by atoms with Crippen molar-refractivity contribution >= 4 is 21.5 Å². The van der Waals surface area contributed by atoms with Crippen LogP contribution in [0, 0.1) is 0 Å². The summed E-state index contributed by atoms with van der Waals surface area (Å²) in [6.45, 7) is 2.28. The average molecular weight is 452 g/mol. The minimum absolute atomic E-state index is 0.0343. The number of halogens is 2. The SMILES string of the molecule is CN1CCN(c2cc(-c3cnc4ccc(C(F)F)nn34)ncn2)CC1CNS(C)(=O)=O. The summed E-state index contributed by atoms with van der Waals surface area (Å²) < 4.78 is 53.0. The number of hydrogen-bond acceptors (Lipinski definition) is 8. The van der Waals surface area contributed by atoms with E-state index in [4.69, 9.17) is 0 Å². The van der Waals surface area contributed by atoms with Crippen molar-refractivity contribution in [3.8, 4) is 11.4 Å². The molecule has 0 saturated carbocycles. The van der Waals surface area contributed by atoms with E-state index < -0.39 is 16.4 Å². The Hall–Kier alpha value is -2.77. The molecule has 0 radical (unpaired) electrons. The summed E-state index contributed by atoms with van der Waals surface area (Å²) in [5.74, 6) is 0.655. The Labute approximate surface area is 178 Å². The summed E-state index contributed by atoms with van der Waals surface area (Å²) in [6.07, 6.45) is 1.38. The highest BCUT2D eigenvalue weighted by Gasteiger charge is 2.26. The molecule has 1 saturated heterocycles. The van der Waals surface area contributed by atoms with E-state index in [-0.39, 0.29) is 18.3 Å². The van der Waals surface area contributed by atoms with Crippen molar-refractivity contribution < 1.29 is 17.2 Å². The van der Waals surface area contributed by atoms with Crippen LogP contribution in [0.1, 0.15) is 12.1 Å². The summed E-state index contributed by atoms with van der Waals surface area (Å²) in [4.78, 5) is 17.0. The Morgan fingerprint density at radius 3 is 2.77 bits per heavy atom. The molecule has 1 aliphatic rings. The second-order valence-electron chi connectivity index (χ2n) is 7.43. The molecule has 13 heteroatoms. The topological polar surface area (TPSA) is 109 Å². The van der Waals surface area contributed by atoms with Gasteiger partial charge in [0.2, 0.25) is 10.0 Å². The molecule has 1 aliphatic heterocycles. The van der Waals surface area contributed by atoms with Gasteiger partial charge < -0.3 is 4.90 Å². The van der Waals surface area contributed by atoms with Gasteiger partial charge in [-0.1, -0.05) is 0 Å². The number of imidazole rings is 1. The monoisotopic (exact) mass is 452 g/mol. The minimum atomic E-state index is -3.29. The molecule has 3 aromatic rings. The lowest BCUT2D eigenvalue weighted by Crippen LogP contribution is -2.55. The summed E-state index contributed by atoms with van der Waals surface area (Å²) in [5.41, 5.74) is 1.07. The molecule has 1 fully saturated rings. The van der Waals surface area contributed by atoms with E-state index in [0.717, 1.165) is 12.8 Å². The maximum Gasteiger partial charge on any atom is 0.282 e. The molecule has 1 atom stereocenters. The Kier molecular flexibility index (Phi) is 5.81. The van der Waals surface area contributed by atoms with Gasteiger partial charge in [0.1, 0.15) is 23.5 Å². The van der Waals surface area contributed by atoms with Crippen molar-refractivity contribution in [2.24, 2.45) is 0 Å². The zero-order chi connectivity index (χ0) is 22.2. The van der Waals surface area contributed by atoms with E-state index >= 15 is 0 Å². The smallest absolute Gasteiger partial charge is 0.282 e. The number of piperazine rings is 1. The van der Waals surface area contributed by atoms with E-state index in [1.807, 2.05) is 11.9 Å². The van der Waals surface area contributed by atoms with E-state index in [1.165, 1.54) is 29.2 Å². The first-order valence-electron chi connectivity index (χ1n) is 9.56. The number of sulfonamides is 1. The third-order valence-electron chi connectivity index (χ3n) is 5.20. The maximum absolute atomic E-state index is 13.1. The third-order valence-corrected chi connectivity index (χ3v) is 5.89. The van der Waals surface area contributed by atoms with Crippen molar-refractivity contribution in [2.45, 2.75) is 12.5 Å². The molecular weight excluding hydrogens is 430 g/mol. The highest BCUT2D eigenvalue weighted by molar-refractivity contribution is 7.88. The van der Waals surface area contributed by atoms with E-state index in [1.54, 1.807) is 6.07 Å². The van der Waals surface area contributed by atoms with Gasteiger partial charge >= 0.3 is 0 Å². The van der Waals surface area contributed by atoms with Crippen LogP contribution >= 0.6 is 0 Å². The average Bonchev–Trinajstić information content (AvgIpc) is 3.16. The normalized spacial score (nSPS) is 18.2. The highest BCUT2D eigenvalue weighted by atomic mass is 32.2. The van der Waals surface area contributed by atoms with Crippen LogP contribution in [0.4, 0.5) is 14.6 Å². The van der Waals surface area contributed by atoms with Gasteiger partial charge in [-0.25, -0.2) is 41.4 Å². The third kappa shape index (κ3) is 4.78. The van der Waals surface area contributed by atoms with Crippen molar-refractivity contribution in [1.29, 1.82) is 0 Å². The largest absolute Gasteiger partial charge is 0.354 e. The molecule has 4 heterocycles. The molecule has 31 heavy (non-hydrogen) atoms. The van der Waals surface area contributed by atoms with Gasteiger partial charge in [-0.05, 0) is 19.2 Å². The maximum atomic E-state index is 13.1. The molecule has 1 unspecified atom stereocenters. The summed E-state index contributed by atoms with van der Waals surface area (Å²) in [5, 5.41) is 3.98. The molecule has 0 aliphatic carbocycles. The molecule has 166 valence electrons. The van der Waals surface area contributed by atoms with Gasteiger partial charge in [0, 0.05) is 38.3 Å². The zero-order valence-corrected chi connectivity index (χ0v) is 17.8. The number of rotatable bonds is 6. The lowest BCUT2D eigenvalue weighted by Gasteiger charge is -2.40. The fourth-order valence-corrected chi connectivity index (χ4v) is 3.96. The van der Waals surface area contributed by atoms with Crippen molar-refractivity contribution in [3.63, 3.8) is 0 Å². The molecule has 0 amide bonds. The molecule has 1 N–H and O–H groups in total. The quantitative estimate of drug-likeness (QED) is 0.585. The van der Waals surface area contributed by atoms with Crippen molar-refractivity contribution in [1.82, 2.24) is 34.2 Å². The Balaban J connectivity index is 1.60. The Morgan fingerprint density at radius 1 is 1.23 bits per heavy atom. The first kappa shape index (κ1) is 21.5. The minimum Gasteiger partial charge on any atom is -0.354 e. The number of likely N-dealkylation sites (N-methyl/N-ethyl adjacent to an activating group) is 1. The van der Waals surface area contributed by atoms with Crippen LogP contribution in [0.15, 0.2) is 30.7 Å². The number of nitrogens with zero attached hydrogens (tertiary/aromatic N) is 7. The summed E-state index contributed by atoms with van der Waals surface area (Å²) in [7, 11) is -1.34. The number of anilines is 1. The molecular formula is C18H22F2N8O2S. The van der Waals surface area contributed by atoms with Crippen LogP contribution in [0.5, 0.6) is 0 Å². The van der Waals surface area contributed by atoms with Crippen LogP contribution in [0.25, 0.3) is 17.0 Å². The van der Waals surface area contributed by atoms with Crippen LogP contribution in [-0.2, 0) is 10.0 Å². The Morgan fingerprint density at radius 2 is 2.03 bits per heavy atom. The first-order chi connectivity index (χ1) is 14.7. The van der Waals surface area contributed by atoms with Gasteiger partial charge in [-0.15, -0.1) is 0 Å². The van der Waals surface area contributed by atoms with Gasteiger partial charge in [0.25, 0.3) is 6.43 Å². The molecule has 0 aromatic carbocycles. The van der Waals surface area contributed by atoms with Crippen LogP contribution in [0.3, 0.4) is 0 Å². The summed E-state index contributed by atoms with van der Waals surface area (Å²) >= 11 is 0. The summed E-state index contributed by atoms with van der Waals surface area (Å²) in [6, 6.07) is 4.46. The van der Waals surface area contributed by atoms with Gasteiger partial charge in [-0.3, -0.25) is 4.90 Å². The van der Waals surface area contributed by atoms with Crippen LogP contribution < -0.4 is 9.62 Å². The predicted octanol–water partition coefficient (Wildman–Crippen LogP) is 0.793. The lowest BCUT2D eigenvalue weighted by molar-refractivity contribution is 0.144. The molecule has 0 bridgehead atoms. The van der Waals surface area contributed by atoms with Gasteiger partial charge in [-0.2, -0.15) is 5.10 Å². The number of hydrogen-bond donors (Lipinski definition) is 1. The van der Waals surface area contributed by atoms with Crippen molar-refractivity contribution in [3.05, 3.63) is 36.4 Å². The van der Waals surface area contributed by atoms with E-state index in [2.05, 4.69) is 29.7 Å². The molecule has 10 nitrogen and oxygen atoms in total. The second kappa shape index (κ2) is 8.40. The van der Waals surface area contributed by atoms with E-state index in [0.29, 0.717) is 35.9 Å². The fourth-order valence-electron chi connectivity index (χ4n) is 3.46. The first-order valence-corrected chi connectivity index (χ1v) is 11.5. The van der Waals surface area contributed by atoms with Gasteiger partial charge in [0.05, 0.1) is 18.1 Å². The van der Waals surface area contributed by atoms with Crippen LogP contribution in [0.2, 0.25) is 0 Å². The van der Waals surface area contributed by atoms with Gasteiger partial charge in [0.15, 0.2) is 5.65 Å². The lowest BCUT2D eigenvalue weighted by atomic mass is 10.1. The second-order valence-corrected chi connectivity index (χ2v) is 9.27. The van der Waals surface area contributed by atoms with E-state index in [9.17, 15) is 17.2 Å². The highest BCUT2D eigenvalue weighted by Crippen LogP contribution is 2.24. The Bertz CT molecular complexity index is 1190. The molecule has 3 aromatic heterocycles. The molecule has 4 rings (SSSR count). The molecule has 0 spiro atoms. The fraction of sp³-hybridized carbons (Fsp3) is 0.444. The number of nitrogens with one attached hydrogen (secondary N) is 1. The number of aromatic nitrogens is 5. The number of alkyl halides is 2.